The Kier molecular flexibility index (Phi) is 4.98. The molecule has 0 aliphatic heterocycles. The molecule has 1 aromatic carbocycles. The second-order valence-electron chi connectivity index (χ2n) is 5.00. The molecule has 1 aromatic rings. The van der Waals surface area contributed by atoms with Crippen molar-refractivity contribution >= 4 is 12.1 Å². The van der Waals surface area contributed by atoms with Crippen LogP contribution in [0.25, 0.3) is 0 Å². The van der Waals surface area contributed by atoms with Gasteiger partial charge in [0.1, 0.15) is 13.2 Å². The maximum absolute atomic E-state index is 12.1. The minimum Gasteiger partial charge on any atom is -0.480 e. The Morgan fingerprint density at radius 2 is 1.85 bits per heavy atom. The third-order valence-corrected chi connectivity index (χ3v) is 3.51. The van der Waals surface area contributed by atoms with Crippen molar-refractivity contribution in [3.05, 3.63) is 35.9 Å². The summed E-state index contributed by atoms with van der Waals surface area (Å²) in [5, 5.41) is 8.93. The third-order valence-electron chi connectivity index (χ3n) is 3.51. The van der Waals surface area contributed by atoms with Crippen LogP contribution in [0.1, 0.15) is 31.2 Å². The predicted octanol–water partition coefficient (Wildman–Crippen LogP) is 2.65. The first-order valence-electron chi connectivity index (χ1n) is 6.86. The van der Waals surface area contributed by atoms with Crippen LogP contribution < -0.4 is 0 Å². The fraction of sp³-hybridized carbons (Fsp3) is 0.467. The first-order chi connectivity index (χ1) is 9.66. The SMILES string of the molecule is O=C(O)CN(C(=O)OCc1ccccc1)C1CCCC1. The molecule has 1 aliphatic rings. The largest absolute Gasteiger partial charge is 0.480 e. The number of hydrogen-bond acceptors (Lipinski definition) is 3. The predicted molar refractivity (Wildman–Crippen MR) is 73.2 cm³/mol. The van der Waals surface area contributed by atoms with E-state index in [2.05, 4.69) is 0 Å². The van der Waals surface area contributed by atoms with E-state index in [-0.39, 0.29) is 19.2 Å². The Morgan fingerprint density at radius 1 is 1.20 bits per heavy atom. The van der Waals surface area contributed by atoms with E-state index in [0.717, 1.165) is 31.2 Å². The molecule has 5 nitrogen and oxygen atoms in total. The number of ether oxygens (including phenoxy) is 1. The van der Waals surface area contributed by atoms with Crippen molar-refractivity contribution in [2.75, 3.05) is 6.54 Å². The summed E-state index contributed by atoms with van der Waals surface area (Å²) in [7, 11) is 0. The average Bonchev–Trinajstić information content (AvgIpc) is 2.97. The van der Waals surface area contributed by atoms with Gasteiger partial charge in [0, 0.05) is 6.04 Å². The zero-order chi connectivity index (χ0) is 14.4. The molecule has 1 saturated carbocycles. The van der Waals surface area contributed by atoms with Crippen molar-refractivity contribution in [3.8, 4) is 0 Å². The number of benzene rings is 1. The highest BCUT2D eigenvalue weighted by Crippen LogP contribution is 2.24. The maximum Gasteiger partial charge on any atom is 0.410 e. The Hall–Kier alpha value is -2.04. The molecular formula is C15H19NO4. The van der Waals surface area contributed by atoms with Gasteiger partial charge in [-0.3, -0.25) is 9.69 Å². The summed E-state index contributed by atoms with van der Waals surface area (Å²) in [6.45, 7) is -0.124. The van der Waals surface area contributed by atoms with Crippen LogP contribution in [0.2, 0.25) is 0 Å². The number of aliphatic carboxylic acids is 1. The lowest BCUT2D eigenvalue weighted by molar-refractivity contribution is -0.138. The topological polar surface area (TPSA) is 66.8 Å². The van der Waals surface area contributed by atoms with E-state index in [4.69, 9.17) is 9.84 Å². The number of rotatable bonds is 5. The molecule has 108 valence electrons. The Balaban J connectivity index is 1.93. The number of amides is 1. The fourth-order valence-electron chi connectivity index (χ4n) is 2.51. The van der Waals surface area contributed by atoms with E-state index in [1.807, 2.05) is 30.3 Å². The monoisotopic (exact) mass is 277 g/mol. The van der Waals surface area contributed by atoms with Gasteiger partial charge in [-0.15, -0.1) is 0 Å². The molecule has 2 rings (SSSR count). The van der Waals surface area contributed by atoms with Gasteiger partial charge in [0.25, 0.3) is 0 Å². The lowest BCUT2D eigenvalue weighted by Crippen LogP contribution is -2.42. The second-order valence-corrected chi connectivity index (χ2v) is 5.00. The van der Waals surface area contributed by atoms with Gasteiger partial charge in [-0.1, -0.05) is 43.2 Å². The Morgan fingerprint density at radius 3 is 2.45 bits per heavy atom. The normalized spacial score (nSPS) is 15.0. The summed E-state index contributed by atoms with van der Waals surface area (Å²) in [6, 6.07) is 9.36. The summed E-state index contributed by atoms with van der Waals surface area (Å²) in [5.41, 5.74) is 0.891. The van der Waals surface area contributed by atoms with E-state index in [1.54, 1.807) is 0 Å². The van der Waals surface area contributed by atoms with E-state index in [1.165, 1.54) is 4.90 Å². The van der Waals surface area contributed by atoms with E-state index < -0.39 is 12.1 Å². The molecule has 0 aromatic heterocycles. The first-order valence-corrected chi connectivity index (χ1v) is 6.86. The number of nitrogens with zero attached hydrogens (tertiary/aromatic N) is 1. The third kappa shape index (κ3) is 3.98. The molecule has 1 amide bonds. The van der Waals surface area contributed by atoms with Crippen LogP contribution in [0.15, 0.2) is 30.3 Å². The maximum atomic E-state index is 12.1. The van der Waals surface area contributed by atoms with Gasteiger partial charge in [0.15, 0.2) is 0 Å². The van der Waals surface area contributed by atoms with Crippen molar-refractivity contribution in [1.82, 2.24) is 4.90 Å². The molecule has 1 fully saturated rings. The minimum atomic E-state index is -1.01. The van der Waals surface area contributed by atoms with Crippen LogP contribution in [0.5, 0.6) is 0 Å². The van der Waals surface area contributed by atoms with E-state index >= 15 is 0 Å². The van der Waals surface area contributed by atoms with Crippen molar-refractivity contribution in [1.29, 1.82) is 0 Å². The molecule has 0 saturated heterocycles. The highest BCUT2D eigenvalue weighted by atomic mass is 16.6. The van der Waals surface area contributed by atoms with Crippen LogP contribution in [0.3, 0.4) is 0 Å². The Labute approximate surface area is 118 Å². The summed E-state index contributed by atoms with van der Waals surface area (Å²) in [6.07, 6.45) is 3.24. The van der Waals surface area contributed by atoms with Gasteiger partial charge in [-0.25, -0.2) is 4.79 Å². The van der Waals surface area contributed by atoms with Gasteiger partial charge in [-0.05, 0) is 18.4 Å². The second kappa shape index (κ2) is 6.93. The molecular weight excluding hydrogens is 258 g/mol. The first kappa shape index (κ1) is 14.4. The van der Waals surface area contributed by atoms with Crippen LogP contribution in [-0.4, -0.2) is 34.7 Å². The molecule has 0 unspecified atom stereocenters. The Bertz CT molecular complexity index is 454. The quantitative estimate of drug-likeness (QED) is 0.898. The minimum absolute atomic E-state index is 0.00521. The highest BCUT2D eigenvalue weighted by Gasteiger charge is 2.29. The smallest absolute Gasteiger partial charge is 0.410 e. The van der Waals surface area contributed by atoms with Crippen LogP contribution >= 0.6 is 0 Å². The number of hydrogen-bond donors (Lipinski definition) is 1. The standard InChI is InChI=1S/C15H19NO4/c17-14(18)10-16(13-8-4-5-9-13)15(19)20-11-12-6-2-1-3-7-12/h1-3,6-7,13H,4-5,8-11H2,(H,17,18). The molecule has 5 heteroatoms. The molecule has 0 radical (unpaired) electrons. The zero-order valence-corrected chi connectivity index (χ0v) is 11.3. The fourth-order valence-corrected chi connectivity index (χ4v) is 2.51. The van der Waals surface area contributed by atoms with Gasteiger partial charge in [-0.2, -0.15) is 0 Å². The molecule has 0 atom stereocenters. The molecule has 0 heterocycles. The van der Waals surface area contributed by atoms with Crippen molar-refractivity contribution < 1.29 is 19.4 Å². The number of carbonyl (C=O) groups is 2. The van der Waals surface area contributed by atoms with Crippen molar-refractivity contribution in [2.45, 2.75) is 38.3 Å². The van der Waals surface area contributed by atoms with E-state index in [0.29, 0.717) is 0 Å². The number of carbonyl (C=O) groups excluding carboxylic acids is 1. The molecule has 0 bridgehead atoms. The summed E-state index contributed by atoms with van der Waals surface area (Å²) < 4.78 is 5.23. The molecule has 20 heavy (non-hydrogen) atoms. The summed E-state index contributed by atoms with van der Waals surface area (Å²) >= 11 is 0. The van der Waals surface area contributed by atoms with Gasteiger partial charge in [0.05, 0.1) is 0 Å². The van der Waals surface area contributed by atoms with Gasteiger partial charge >= 0.3 is 12.1 Å². The van der Waals surface area contributed by atoms with Gasteiger partial charge < -0.3 is 9.84 Å². The van der Waals surface area contributed by atoms with Crippen LogP contribution in [-0.2, 0) is 16.1 Å². The molecule has 1 aliphatic carbocycles. The van der Waals surface area contributed by atoms with Crippen molar-refractivity contribution in [2.24, 2.45) is 0 Å². The summed E-state index contributed by atoms with van der Waals surface area (Å²) in [4.78, 5) is 24.3. The van der Waals surface area contributed by atoms with E-state index in [9.17, 15) is 9.59 Å². The molecule has 1 N–H and O–H groups in total. The lowest BCUT2D eigenvalue weighted by Gasteiger charge is -2.26. The lowest BCUT2D eigenvalue weighted by atomic mass is 10.2. The molecule has 0 spiro atoms. The summed E-state index contributed by atoms with van der Waals surface area (Å²) in [5.74, 6) is -1.01. The zero-order valence-electron chi connectivity index (χ0n) is 11.3. The van der Waals surface area contributed by atoms with Crippen LogP contribution in [0.4, 0.5) is 4.79 Å². The van der Waals surface area contributed by atoms with Gasteiger partial charge in [0.2, 0.25) is 0 Å². The average molecular weight is 277 g/mol. The number of carboxylic acids is 1. The highest BCUT2D eigenvalue weighted by molar-refractivity contribution is 5.77. The number of carboxylic acid groups (broad SMARTS) is 1. The van der Waals surface area contributed by atoms with Crippen molar-refractivity contribution in [3.63, 3.8) is 0 Å². The van der Waals surface area contributed by atoms with Crippen LogP contribution in [0, 0.1) is 0 Å².